The highest BCUT2D eigenvalue weighted by molar-refractivity contribution is 8.00. The fourth-order valence-corrected chi connectivity index (χ4v) is 4.00. The first-order valence-corrected chi connectivity index (χ1v) is 9.92. The van der Waals surface area contributed by atoms with Gasteiger partial charge in [-0.2, -0.15) is 13.2 Å². The van der Waals surface area contributed by atoms with Crippen molar-refractivity contribution in [1.82, 2.24) is 9.88 Å². The molecule has 140 valence electrons. The van der Waals surface area contributed by atoms with Crippen LogP contribution in [0.25, 0.3) is 0 Å². The summed E-state index contributed by atoms with van der Waals surface area (Å²) in [4.78, 5) is 19.1. The first-order valence-electron chi connectivity index (χ1n) is 8.23. The van der Waals surface area contributed by atoms with Gasteiger partial charge in [0.15, 0.2) is 5.13 Å². The Labute approximate surface area is 157 Å². The molecule has 26 heavy (non-hydrogen) atoms. The topological polar surface area (TPSA) is 45.2 Å². The Morgan fingerprint density at radius 2 is 1.88 bits per heavy atom. The Balaban J connectivity index is 1.56. The van der Waals surface area contributed by atoms with Gasteiger partial charge in [0, 0.05) is 22.4 Å². The van der Waals surface area contributed by atoms with Crippen LogP contribution >= 0.6 is 23.1 Å². The Morgan fingerprint density at radius 3 is 2.54 bits per heavy atom. The molecule has 0 spiro atoms. The van der Waals surface area contributed by atoms with Crippen LogP contribution in [0, 0.1) is 0 Å². The number of thioether (sulfide) groups is 1. The van der Waals surface area contributed by atoms with Crippen molar-refractivity contribution in [1.29, 1.82) is 0 Å². The Kier molecular flexibility index (Phi) is 6.20. The molecule has 2 heterocycles. The van der Waals surface area contributed by atoms with E-state index in [2.05, 4.69) is 15.2 Å². The summed E-state index contributed by atoms with van der Waals surface area (Å²) in [6, 6.07) is 5.34. The minimum atomic E-state index is -4.34. The van der Waals surface area contributed by atoms with Crippen molar-refractivity contribution in [3.63, 3.8) is 0 Å². The summed E-state index contributed by atoms with van der Waals surface area (Å²) in [6.45, 7) is 2.92. The van der Waals surface area contributed by atoms with E-state index in [0.29, 0.717) is 10.7 Å². The number of nitrogens with zero attached hydrogens (tertiary/aromatic N) is 2. The molecule has 0 aliphatic carbocycles. The fraction of sp³-hybridized carbons (Fsp3) is 0.412. The maximum absolute atomic E-state index is 12.3. The molecule has 1 aromatic carbocycles. The lowest BCUT2D eigenvalue weighted by Gasteiger charge is -2.25. The summed E-state index contributed by atoms with van der Waals surface area (Å²) in [5, 5.41) is 5.12. The number of carbonyl (C=O) groups is 1. The summed E-state index contributed by atoms with van der Waals surface area (Å²) in [6.07, 6.45) is 3.68. The van der Waals surface area contributed by atoms with E-state index in [9.17, 15) is 18.0 Å². The summed E-state index contributed by atoms with van der Waals surface area (Å²) in [5.41, 5.74) is -3.12. The molecule has 0 saturated carbocycles. The van der Waals surface area contributed by atoms with Crippen LogP contribution in [0.2, 0.25) is 0 Å². The molecule has 0 bridgehead atoms. The van der Waals surface area contributed by atoms with E-state index in [1.54, 1.807) is 0 Å². The van der Waals surface area contributed by atoms with Gasteiger partial charge >= 0.3 is 5.51 Å². The highest BCUT2D eigenvalue weighted by Gasteiger charge is 2.29. The number of anilines is 1. The van der Waals surface area contributed by atoms with Crippen molar-refractivity contribution in [2.45, 2.75) is 36.2 Å². The molecule has 1 saturated heterocycles. The Hall–Kier alpha value is -1.58. The average Bonchev–Trinajstić information content (AvgIpc) is 3.02. The molecule has 1 fully saturated rings. The first-order chi connectivity index (χ1) is 12.4. The molecule has 4 nitrogen and oxygen atoms in total. The summed E-state index contributed by atoms with van der Waals surface area (Å²) >= 11 is 1.15. The average molecular weight is 401 g/mol. The number of rotatable bonds is 5. The molecule has 3 rings (SSSR count). The minimum Gasteiger partial charge on any atom is -0.298 e. The molecule has 1 N–H and O–H groups in total. The third-order valence-corrected chi connectivity index (χ3v) is 5.50. The number of hydrogen-bond acceptors (Lipinski definition) is 5. The molecule has 0 unspecified atom stereocenters. The third-order valence-electron chi connectivity index (χ3n) is 3.96. The van der Waals surface area contributed by atoms with Gasteiger partial charge in [-0.3, -0.25) is 15.0 Å². The number of amides is 1. The van der Waals surface area contributed by atoms with E-state index < -0.39 is 5.51 Å². The smallest absolute Gasteiger partial charge is 0.298 e. The van der Waals surface area contributed by atoms with Crippen molar-refractivity contribution in [3.05, 3.63) is 40.9 Å². The zero-order valence-corrected chi connectivity index (χ0v) is 15.5. The van der Waals surface area contributed by atoms with E-state index in [4.69, 9.17) is 0 Å². The number of likely N-dealkylation sites (tertiary alicyclic amines) is 1. The summed E-state index contributed by atoms with van der Waals surface area (Å²) in [5.74, 6) is -0.382. The van der Waals surface area contributed by atoms with Gasteiger partial charge < -0.3 is 0 Å². The second-order valence-electron chi connectivity index (χ2n) is 6.01. The fourth-order valence-electron chi connectivity index (χ4n) is 2.76. The number of piperidine rings is 1. The van der Waals surface area contributed by atoms with Crippen LogP contribution in [0.3, 0.4) is 0 Å². The number of benzene rings is 1. The van der Waals surface area contributed by atoms with Crippen molar-refractivity contribution in [2.75, 3.05) is 18.4 Å². The van der Waals surface area contributed by atoms with Gasteiger partial charge in [-0.25, -0.2) is 4.98 Å². The van der Waals surface area contributed by atoms with E-state index in [1.807, 2.05) is 5.38 Å². The molecular weight excluding hydrogens is 383 g/mol. The molecular formula is C17H18F3N3OS2. The zero-order valence-electron chi connectivity index (χ0n) is 13.9. The lowest BCUT2D eigenvalue weighted by atomic mass is 10.1. The number of halogens is 3. The standard InChI is InChI=1S/C17H18F3N3OS2/c18-17(19,20)26-14-6-4-12(5-7-14)15(24)22-16-21-13(11-25-16)10-23-8-2-1-3-9-23/h4-7,11H,1-3,8-10H2,(H,21,22,24). The van der Waals surface area contributed by atoms with E-state index in [0.717, 1.165) is 25.3 Å². The molecule has 2 aromatic rings. The molecule has 9 heteroatoms. The summed E-state index contributed by atoms with van der Waals surface area (Å²) < 4.78 is 37.0. The number of alkyl halides is 3. The van der Waals surface area contributed by atoms with Crippen LogP contribution in [-0.2, 0) is 6.54 Å². The highest BCUT2D eigenvalue weighted by Crippen LogP contribution is 2.36. The van der Waals surface area contributed by atoms with Crippen molar-refractivity contribution >= 4 is 34.1 Å². The third kappa shape index (κ3) is 5.72. The van der Waals surface area contributed by atoms with Crippen LogP contribution < -0.4 is 5.32 Å². The number of hydrogen-bond donors (Lipinski definition) is 1. The number of thiazole rings is 1. The lowest BCUT2D eigenvalue weighted by molar-refractivity contribution is -0.0328. The quantitative estimate of drug-likeness (QED) is 0.717. The van der Waals surface area contributed by atoms with Gasteiger partial charge in [0.2, 0.25) is 0 Å². The number of carbonyl (C=O) groups excluding carboxylic acids is 1. The predicted octanol–water partition coefficient (Wildman–Crippen LogP) is 4.99. The number of nitrogens with one attached hydrogen (secondary N) is 1. The van der Waals surface area contributed by atoms with E-state index in [1.165, 1.54) is 54.9 Å². The van der Waals surface area contributed by atoms with Crippen LogP contribution in [0.4, 0.5) is 18.3 Å². The van der Waals surface area contributed by atoms with Crippen LogP contribution in [-0.4, -0.2) is 34.4 Å². The molecule has 1 aliphatic rings. The van der Waals surface area contributed by atoms with Gasteiger partial charge in [-0.05, 0) is 62.0 Å². The minimum absolute atomic E-state index is 0.0483. The maximum Gasteiger partial charge on any atom is 0.446 e. The summed E-state index contributed by atoms with van der Waals surface area (Å²) in [7, 11) is 0. The zero-order chi connectivity index (χ0) is 18.6. The van der Waals surface area contributed by atoms with Crippen molar-refractivity contribution in [3.8, 4) is 0 Å². The molecule has 1 aliphatic heterocycles. The van der Waals surface area contributed by atoms with E-state index >= 15 is 0 Å². The van der Waals surface area contributed by atoms with Crippen LogP contribution in [0.5, 0.6) is 0 Å². The molecule has 1 aromatic heterocycles. The van der Waals surface area contributed by atoms with Crippen molar-refractivity contribution in [2.24, 2.45) is 0 Å². The Morgan fingerprint density at radius 1 is 1.19 bits per heavy atom. The van der Waals surface area contributed by atoms with Crippen LogP contribution in [0.15, 0.2) is 34.5 Å². The van der Waals surface area contributed by atoms with Crippen LogP contribution in [0.1, 0.15) is 35.3 Å². The van der Waals surface area contributed by atoms with Gasteiger partial charge in [-0.15, -0.1) is 11.3 Å². The van der Waals surface area contributed by atoms with Gasteiger partial charge in [-0.1, -0.05) is 6.42 Å². The number of aromatic nitrogens is 1. The highest BCUT2D eigenvalue weighted by atomic mass is 32.2. The second-order valence-corrected chi connectivity index (χ2v) is 8.00. The monoisotopic (exact) mass is 401 g/mol. The molecule has 0 atom stereocenters. The predicted molar refractivity (Wildman–Crippen MR) is 97.5 cm³/mol. The first kappa shape index (κ1) is 19.2. The van der Waals surface area contributed by atoms with Gasteiger partial charge in [0.1, 0.15) is 0 Å². The lowest BCUT2D eigenvalue weighted by Crippen LogP contribution is -2.29. The SMILES string of the molecule is O=C(Nc1nc(CN2CCCCC2)cs1)c1ccc(SC(F)(F)F)cc1. The van der Waals surface area contributed by atoms with Gasteiger partial charge in [0.25, 0.3) is 5.91 Å². The van der Waals surface area contributed by atoms with Crippen molar-refractivity contribution < 1.29 is 18.0 Å². The molecule has 1 amide bonds. The van der Waals surface area contributed by atoms with Gasteiger partial charge in [0.05, 0.1) is 5.69 Å². The van der Waals surface area contributed by atoms with E-state index in [-0.39, 0.29) is 22.6 Å². The Bertz CT molecular complexity index is 740. The molecule has 0 radical (unpaired) electrons. The second kappa shape index (κ2) is 8.41. The normalized spacial score (nSPS) is 15.8. The maximum atomic E-state index is 12.3. The largest absolute Gasteiger partial charge is 0.446 e.